The summed E-state index contributed by atoms with van der Waals surface area (Å²) in [5.74, 6) is -0.920. The molecule has 1 saturated carbocycles. The quantitative estimate of drug-likeness (QED) is 0.439. The van der Waals surface area contributed by atoms with Gasteiger partial charge in [-0.25, -0.2) is 5.48 Å². The molecule has 5 nitrogen and oxygen atoms in total. The Hall–Kier alpha value is -0.940. The normalized spacial score (nSPS) is 32.4. The summed E-state index contributed by atoms with van der Waals surface area (Å²) in [5, 5.41) is 11.8. The summed E-state index contributed by atoms with van der Waals surface area (Å²) in [6, 6.07) is -0.441. The van der Waals surface area contributed by atoms with Crippen LogP contribution in [0.25, 0.3) is 0 Å². The van der Waals surface area contributed by atoms with Crippen LogP contribution < -0.4 is 10.8 Å². The molecule has 2 aliphatic rings. The molecule has 1 amide bonds. The molecule has 1 aliphatic carbocycles. The van der Waals surface area contributed by atoms with Crippen molar-refractivity contribution in [2.75, 3.05) is 6.54 Å². The third-order valence-corrected chi connectivity index (χ3v) is 3.59. The molecule has 84 valence electrons. The topological polar surface area (TPSA) is 78.4 Å². The lowest BCUT2D eigenvalue weighted by Crippen LogP contribution is -2.54. The Bertz CT molecular complexity index is 299. The summed E-state index contributed by atoms with van der Waals surface area (Å²) in [5.41, 5.74) is 1.87. The SMILES string of the molecule is CC(=O)[C@H]1NCC2(CC2)C[C@@H]1C(=O)NO. The van der Waals surface area contributed by atoms with E-state index in [0.717, 1.165) is 19.4 Å². The summed E-state index contributed by atoms with van der Waals surface area (Å²) in [7, 11) is 0. The number of carbonyl (C=O) groups excluding carboxylic acids is 2. The first-order chi connectivity index (χ1) is 7.08. The van der Waals surface area contributed by atoms with Crippen LogP contribution in [-0.2, 0) is 9.59 Å². The van der Waals surface area contributed by atoms with Crippen LogP contribution in [0.15, 0.2) is 0 Å². The van der Waals surface area contributed by atoms with E-state index in [0.29, 0.717) is 6.42 Å². The smallest absolute Gasteiger partial charge is 0.248 e. The van der Waals surface area contributed by atoms with Gasteiger partial charge in [0.25, 0.3) is 0 Å². The van der Waals surface area contributed by atoms with Gasteiger partial charge in [0.15, 0.2) is 0 Å². The van der Waals surface area contributed by atoms with Crippen molar-refractivity contribution >= 4 is 11.7 Å². The molecule has 1 saturated heterocycles. The first kappa shape index (κ1) is 10.6. The Labute approximate surface area is 88.2 Å². The molecular weight excluding hydrogens is 196 g/mol. The van der Waals surface area contributed by atoms with E-state index in [9.17, 15) is 9.59 Å². The lowest BCUT2D eigenvalue weighted by molar-refractivity contribution is -0.139. The molecule has 0 unspecified atom stereocenters. The molecule has 15 heavy (non-hydrogen) atoms. The predicted molar refractivity (Wildman–Crippen MR) is 52.2 cm³/mol. The maximum absolute atomic E-state index is 11.4. The second-order valence-electron chi connectivity index (χ2n) is 4.76. The highest BCUT2D eigenvalue weighted by Crippen LogP contribution is 2.52. The van der Waals surface area contributed by atoms with Gasteiger partial charge in [0.1, 0.15) is 5.78 Å². The van der Waals surface area contributed by atoms with Crippen molar-refractivity contribution in [1.29, 1.82) is 0 Å². The van der Waals surface area contributed by atoms with Crippen LogP contribution in [0.2, 0.25) is 0 Å². The van der Waals surface area contributed by atoms with Crippen molar-refractivity contribution in [2.24, 2.45) is 11.3 Å². The molecule has 2 fully saturated rings. The average molecular weight is 212 g/mol. The summed E-state index contributed by atoms with van der Waals surface area (Å²) >= 11 is 0. The zero-order valence-corrected chi connectivity index (χ0v) is 8.75. The molecule has 1 aliphatic heterocycles. The molecule has 2 atom stereocenters. The van der Waals surface area contributed by atoms with Crippen LogP contribution in [-0.4, -0.2) is 29.5 Å². The number of hydrogen-bond acceptors (Lipinski definition) is 4. The summed E-state index contributed by atoms with van der Waals surface area (Å²) < 4.78 is 0. The number of piperidine rings is 1. The third-order valence-electron chi connectivity index (χ3n) is 3.59. The number of carbonyl (C=O) groups is 2. The van der Waals surface area contributed by atoms with Gasteiger partial charge < -0.3 is 5.32 Å². The molecule has 0 bridgehead atoms. The van der Waals surface area contributed by atoms with Gasteiger partial charge in [-0.05, 0) is 31.6 Å². The molecule has 2 rings (SSSR count). The minimum Gasteiger partial charge on any atom is -0.306 e. The molecule has 0 aromatic heterocycles. The maximum atomic E-state index is 11.4. The molecule has 1 heterocycles. The number of amides is 1. The van der Waals surface area contributed by atoms with E-state index in [1.807, 2.05) is 0 Å². The first-order valence-electron chi connectivity index (χ1n) is 5.26. The van der Waals surface area contributed by atoms with Crippen molar-refractivity contribution in [1.82, 2.24) is 10.8 Å². The lowest BCUT2D eigenvalue weighted by atomic mass is 9.80. The van der Waals surface area contributed by atoms with E-state index in [-0.39, 0.29) is 11.2 Å². The molecule has 0 aromatic carbocycles. The summed E-state index contributed by atoms with van der Waals surface area (Å²) in [6.45, 7) is 2.28. The zero-order chi connectivity index (χ0) is 11.1. The third kappa shape index (κ3) is 1.89. The number of nitrogens with one attached hydrogen (secondary N) is 2. The largest absolute Gasteiger partial charge is 0.306 e. The standard InChI is InChI=1S/C10H16N2O3/c1-6(13)8-7(9(14)12-15)4-10(2-3-10)5-11-8/h7-8,11,15H,2-5H2,1H3,(H,12,14)/t7-,8+/m0/s1. The fraction of sp³-hybridized carbons (Fsp3) is 0.800. The summed E-state index contributed by atoms with van der Waals surface area (Å²) in [6.07, 6.45) is 2.93. The van der Waals surface area contributed by atoms with Crippen LogP contribution in [0.3, 0.4) is 0 Å². The van der Waals surface area contributed by atoms with Gasteiger partial charge in [0, 0.05) is 6.54 Å². The summed E-state index contributed by atoms with van der Waals surface area (Å²) in [4.78, 5) is 22.8. The minimum absolute atomic E-state index is 0.0425. The molecule has 3 N–H and O–H groups in total. The highest BCUT2D eigenvalue weighted by atomic mass is 16.5. The monoisotopic (exact) mass is 212 g/mol. The maximum Gasteiger partial charge on any atom is 0.248 e. The average Bonchev–Trinajstić information content (AvgIpc) is 2.96. The van der Waals surface area contributed by atoms with Crippen molar-refractivity contribution in [3.8, 4) is 0 Å². The highest BCUT2D eigenvalue weighted by molar-refractivity contribution is 5.90. The van der Waals surface area contributed by atoms with Crippen molar-refractivity contribution < 1.29 is 14.8 Å². The molecule has 5 heteroatoms. The van der Waals surface area contributed by atoms with Crippen LogP contribution in [0, 0.1) is 11.3 Å². The molecular formula is C10H16N2O3. The van der Waals surface area contributed by atoms with Gasteiger partial charge in [0.2, 0.25) is 5.91 Å². The second-order valence-corrected chi connectivity index (χ2v) is 4.76. The van der Waals surface area contributed by atoms with Crippen LogP contribution >= 0.6 is 0 Å². The van der Waals surface area contributed by atoms with Crippen molar-refractivity contribution in [2.45, 2.75) is 32.2 Å². The van der Waals surface area contributed by atoms with Gasteiger partial charge in [-0.3, -0.25) is 14.8 Å². The zero-order valence-electron chi connectivity index (χ0n) is 8.75. The van der Waals surface area contributed by atoms with E-state index in [2.05, 4.69) is 5.32 Å². The highest BCUT2D eigenvalue weighted by Gasteiger charge is 2.51. The Morgan fingerprint density at radius 2 is 2.13 bits per heavy atom. The Morgan fingerprint density at radius 1 is 1.47 bits per heavy atom. The number of ketones is 1. The molecule has 0 radical (unpaired) electrons. The van der Waals surface area contributed by atoms with E-state index < -0.39 is 17.9 Å². The van der Waals surface area contributed by atoms with E-state index in [4.69, 9.17) is 5.21 Å². The van der Waals surface area contributed by atoms with Gasteiger partial charge in [0.05, 0.1) is 12.0 Å². The van der Waals surface area contributed by atoms with Gasteiger partial charge >= 0.3 is 0 Å². The molecule has 0 aromatic rings. The minimum atomic E-state index is -0.450. The Morgan fingerprint density at radius 3 is 2.60 bits per heavy atom. The van der Waals surface area contributed by atoms with E-state index in [1.54, 1.807) is 5.48 Å². The van der Waals surface area contributed by atoms with Crippen LogP contribution in [0.4, 0.5) is 0 Å². The van der Waals surface area contributed by atoms with E-state index >= 15 is 0 Å². The predicted octanol–water partition coefficient (Wildman–Crippen LogP) is -0.161. The lowest BCUT2D eigenvalue weighted by Gasteiger charge is -2.34. The van der Waals surface area contributed by atoms with Gasteiger partial charge in [-0.1, -0.05) is 0 Å². The number of hydroxylamine groups is 1. The number of rotatable bonds is 2. The van der Waals surface area contributed by atoms with Gasteiger partial charge in [-0.2, -0.15) is 0 Å². The van der Waals surface area contributed by atoms with Crippen LogP contribution in [0.1, 0.15) is 26.2 Å². The fourth-order valence-corrected chi connectivity index (χ4v) is 2.44. The fourth-order valence-electron chi connectivity index (χ4n) is 2.44. The van der Waals surface area contributed by atoms with Crippen LogP contribution in [0.5, 0.6) is 0 Å². The number of hydrogen-bond donors (Lipinski definition) is 3. The Balaban J connectivity index is 2.11. The number of Topliss-reactive ketones (excluding diaryl/α,β-unsaturated/α-hetero) is 1. The van der Waals surface area contributed by atoms with Crippen molar-refractivity contribution in [3.05, 3.63) is 0 Å². The van der Waals surface area contributed by atoms with Crippen molar-refractivity contribution in [3.63, 3.8) is 0 Å². The first-order valence-corrected chi connectivity index (χ1v) is 5.26. The molecule has 1 spiro atoms. The Kier molecular flexibility index (Phi) is 2.52. The van der Waals surface area contributed by atoms with E-state index in [1.165, 1.54) is 6.92 Å². The second kappa shape index (κ2) is 3.57. The van der Waals surface area contributed by atoms with Gasteiger partial charge in [-0.15, -0.1) is 0 Å².